The molecule has 0 fully saturated rings. The van der Waals surface area contributed by atoms with Crippen LogP contribution in [0.25, 0.3) is 0 Å². The van der Waals surface area contributed by atoms with E-state index in [0.717, 1.165) is 27.4 Å². The van der Waals surface area contributed by atoms with Gasteiger partial charge in [-0.05, 0) is 63.4 Å². The van der Waals surface area contributed by atoms with Crippen molar-refractivity contribution in [1.82, 2.24) is 5.32 Å². The number of dihydropyridines is 1. The van der Waals surface area contributed by atoms with E-state index in [1.54, 1.807) is 32.3 Å². The standard InChI is InChI=1S/C29H33NO6S/c1-6-19-12-13-22(37-19)26-23(28(32)35-7-2)16(4)30-21-15-20(17-10-9-11-18(14-17)34-5)24(27(31)25(21)26)29(33)36-8-3/h9-14,20,24,26,30H,6-8,15H2,1-5H3. The molecular weight excluding hydrogens is 490 g/mol. The number of rotatable bonds is 8. The first-order valence-corrected chi connectivity index (χ1v) is 13.5. The van der Waals surface area contributed by atoms with Gasteiger partial charge in [0.25, 0.3) is 0 Å². The van der Waals surface area contributed by atoms with Gasteiger partial charge < -0.3 is 19.5 Å². The van der Waals surface area contributed by atoms with E-state index in [1.807, 2.05) is 43.3 Å². The van der Waals surface area contributed by atoms with Gasteiger partial charge in [0.1, 0.15) is 11.7 Å². The Hall–Kier alpha value is -3.39. The molecule has 3 unspecified atom stereocenters. The van der Waals surface area contributed by atoms with Crippen molar-refractivity contribution in [3.05, 3.63) is 74.3 Å². The third-order valence-electron chi connectivity index (χ3n) is 6.89. The molecule has 3 atom stereocenters. The van der Waals surface area contributed by atoms with Crippen LogP contribution in [-0.2, 0) is 30.3 Å². The van der Waals surface area contributed by atoms with Crippen molar-refractivity contribution in [2.45, 2.75) is 52.4 Å². The Morgan fingerprint density at radius 2 is 1.84 bits per heavy atom. The molecule has 2 aromatic rings. The van der Waals surface area contributed by atoms with Crippen LogP contribution in [0.1, 0.15) is 61.3 Å². The summed E-state index contributed by atoms with van der Waals surface area (Å²) in [6, 6.07) is 11.4. The molecule has 0 saturated carbocycles. The fourth-order valence-electron chi connectivity index (χ4n) is 5.23. The van der Waals surface area contributed by atoms with Crippen molar-refractivity contribution < 1.29 is 28.6 Å². The number of allylic oxidation sites excluding steroid dienone is 3. The molecule has 196 valence electrons. The summed E-state index contributed by atoms with van der Waals surface area (Å²) in [6.07, 6.45) is 1.25. The van der Waals surface area contributed by atoms with Crippen LogP contribution in [0.4, 0.5) is 0 Å². The molecule has 1 N–H and O–H groups in total. The quantitative estimate of drug-likeness (QED) is 0.383. The monoisotopic (exact) mass is 523 g/mol. The number of hydrogen-bond acceptors (Lipinski definition) is 8. The number of benzene rings is 1. The van der Waals surface area contributed by atoms with Crippen LogP contribution in [0.15, 0.2) is 58.9 Å². The average molecular weight is 524 g/mol. The highest BCUT2D eigenvalue weighted by atomic mass is 32.1. The number of ether oxygens (including phenoxy) is 3. The predicted molar refractivity (Wildman–Crippen MR) is 141 cm³/mol. The number of methoxy groups -OCH3 is 1. The van der Waals surface area contributed by atoms with Gasteiger partial charge in [-0.2, -0.15) is 0 Å². The lowest BCUT2D eigenvalue weighted by Gasteiger charge is -2.39. The number of Topliss-reactive ketones (excluding diaryl/α,β-unsaturated/α-hetero) is 1. The van der Waals surface area contributed by atoms with E-state index in [0.29, 0.717) is 29.0 Å². The lowest BCUT2D eigenvalue weighted by atomic mass is 9.68. The Kier molecular flexibility index (Phi) is 8.17. The van der Waals surface area contributed by atoms with Gasteiger partial charge in [0, 0.05) is 32.6 Å². The van der Waals surface area contributed by atoms with Crippen molar-refractivity contribution in [3.63, 3.8) is 0 Å². The molecular formula is C29H33NO6S. The largest absolute Gasteiger partial charge is 0.497 e. The third-order valence-corrected chi connectivity index (χ3v) is 8.19. The maximum Gasteiger partial charge on any atom is 0.336 e. The molecule has 1 aromatic carbocycles. The molecule has 7 nitrogen and oxygen atoms in total. The number of ketones is 1. The van der Waals surface area contributed by atoms with Gasteiger partial charge in [-0.25, -0.2) is 4.79 Å². The van der Waals surface area contributed by atoms with Gasteiger partial charge >= 0.3 is 11.9 Å². The smallest absolute Gasteiger partial charge is 0.336 e. The molecule has 1 aliphatic heterocycles. The van der Waals surface area contributed by atoms with Gasteiger partial charge in [-0.15, -0.1) is 11.3 Å². The Bertz CT molecular complexity index is 1270. The summed E-state index contributed by atoms with van der Waals surface area (Å²) in [7, 11) is 1.58. The van der Waals surface area contributed by atoms with Crippen LogP contribution in [0.2, 0.25) is 0 Å². The van der Waals surface area contributed by atoms with Crippen LogP contribution in [0, 0.1) is 5.92 Å². The number of esters is 2. The van der Waals surface area contributed by atoms with E-state index in [-0.39, 0.29) is 19.0 Å². The Morgan fingerprint density at radius 1 is 1.08 bits per heavy atom. The van der Waals surface area contributed by atoms with E-state index >= 15 is 0 Å². The Balaban J connectivity index is 1.89. The number of carbonyl (C=O) groups is 3. The van der Waals surface area contributed by atoms with Crippen molar-refractivity contribution >= 4 is 29.1 Å². The molecule has 1 aliphatic carbocycles. The first-order chi connectivity index (χ1) is 17.8. The van der Waals surface area contributed by atoms with E-state index in [2.05, 4.69) is 12.2 Å². The fourth-order valence-corrected chi connectivity index (χ4v) is 6.30. The van der Waals surface area contributed by atoms with E-state index in [4.69, 9.17) is 14.2 Å². The van der Waals surface area contributed by atoms with Gasteiger partial charge in [-0.1, -0.05) is 19.1 Å². The second-order valence-corrected chi connectivity index (χ2v) is 10.2. The van der Waals surface area contributed by atoms with Crippen molar-refractivity contribution in [2.75, 3.05) is 20.3 Å². The Morgan fingerprint density at radius 3 is 2.49 bits per heavy atom. The molecule has 0 bridgehead atoms. The molecule has 8 heteroatoms. The van der Waals surface area contributed by atoms with E-state index in [1.165, 1.54) is 0 Å². The highest BCUT2D eigenvalue weighted by Gasteiger charge is 2.49. The second kappa shape index (κ2) is 11.3. The van der Waals surface area contributed by atoms with Crippen LogP contribution < -0.4 is 10.1 Å². The number of thiophene rings is 1. The molecule has 0 amide bonds. The molecule has 0 radical (unpaired) electrons. The zero-order chi connectivity index (χ0) is 26.7. The molecule has 2 heterocycles. The summed E-state index contributed by atoms with van der Waals surface area (Å²) < 4.78 is 16.2. The van der Waals surface area contributed by atoms with Crippen LogP contribution >= 0.6 is 11.3 Å². The number of nitrogens with one attached hydrogen (secondary N) is 1. The highest BCUT2D eigenvalue weighted by Crippen LogP contribution is 2.49. The number of carbonyl (C=O) groups excluding carboxylic acids is 3. The molecule has 4 rings (SSSR count). The van der Waals surface area contributed by atoms with Crippen LogP contribution in [-0.4, -0.2) is 38.0 Å². The van der Waals surface area contributed by atoms with Crippen molar-refractivity contribution in [3.8, 4) is 5.75 Å². The Labute approximate surface area is 221 Å². The van der Waals surface area contributed by atoms with Crippen molar-refractivity contribution in [1.29, 1.82) is 0 Å². The SMILES string of the molecule is CCOC(=O)C1=C(C)NC2=C(C(=O)C(C(=O)OCC)C(c3cccc(OC)c3)C2)C1c1ccc(CC)s1. The topological polar surface area (TPSA) is 90.9 Å². The average Bonchev–Trinajstić information content (AvgIpc) is 3.37. The maximum absolute atomic E-state index is 14.3. The van der Waals surface area contributed by atoms with Gasteiger partial charge in [0.2, 0.25) is 0 Å². The summed E-state index contributed by atoms with van der Waals surface area (Å²) in [5.74, 6) is -2.81. The summed E-state index contributed by atoms with van der Waals surface area (Å²) in [6.45, 7) is 7.77. The zero-order valence-corrected chi connectivity index (χ0v) is 22.7. The molecule has 2 aliphatic rings. The molecule has 37 heavy (non-hydrogen) atoms. The minimum absolute atomic E-state index is 0.166. The fraction of sp³-hybridized carbons (Fsp3) is 0.414. The van der Waals surface area contributed by atoms with E-state index < -0.39 is 29.7 Å². The van der Waals surface area contributed by atoms with Gasteiger partial charge in [0.15, 0.2) is 5.78 Å². The lowest BCUT2D eigenvalue weighted by Crippen LogP contribution is -2.43. The predicted octanol–water partition coefficient (Wildman–Crippen LogP) is 5.03. The summed E-state index contributed by atoms with van der Waals surface area (Å²) in [5.41, 5.74) is 3.04. The van der Waals surface area contributed by atoms with Crippen molar-refractivity contribution in [2.24, 2.45) is 5.92 Å². The van der Waals surface area contributed by atoms with Gasteiger partial charge in [0.05, 0.1) is 31.8 Å². The minimum Gasteiger partial charge on any atom is -0.497 e. The molecule has 1 aromatic heterocycles. The van der Waals surface area contributed by atoms with Gasteiger partial charge in [-0.3, -0.25) is 9.59 Å². The first-order valence-electron chi connectivity index (χ1n) is 12.7. The van der Waals surface area contributed by atoms with Crippen LogP contribution in [0.3, 0.4) is 0 Å². The highest BCUT2D eigenvalue weighted by molar-refractivity contribution is 7.12. The minimum atomic E-state index is -1.04. The maximum atomic E-state index is 14.3. The van der Waals surface area contributed by atoms with Crippen LogP contribution in [0.5, 0.6) is 5.75 Å². The molecule has 0 saturated heterocycles. The summed E-state index contributed by atoms with van der Waals surface area (Å²) in [4.78, 5) is 42.8. The number of hydrogen-bond donors (Lipinski definition) is 1. The number of aryl methyl sites for hydroxylation is 1. The zero-order valence-electron chi connectivity index (χ0n) is 21.9. The molecule has 0 spiro atoms. The third kappa shape index (κ3) is 5.07. The summed E-state index contributed by atoms with van der Waals surface area (Å²) in [5, 5.41) is 3.34. The lowest BCUT2D eigenvalue weighted by molar-refractivity contribution is -0.152. The second-order valence-electron chi connectivity index (χ2n) is 9.05. The first kappa shape index (κ1) is 26.7. The van der Waals surface area contributed by atoms with E-state index in [9.17, 15) is 14.4 Å². The summed E-state index contributed by atoms with van der Waals surface area (Å²) >= 11 is 1.57. The normalized spacial score (nSPS) is 21.3.